The highest BCUT2D eigenvalue weighted by Crippen LogP contribution is 2.22. The SMILES string of the molecule is Cc1cccc2c1nc(CCl)n2Cc1nccs1. The third-order valence-electron chi connectivity index (χ3n) is 2.96. The van der Waals surface area contributed by atoms with E-state index in [4.69, 9.17) is 11.6 Å². The van der Waals surface area contributed by atoms with Crippen LogP contribution in [0.15, 0.2) is 29.8 Å². The number of halogens is 1. The number of para-hydroxylation sites is 1. The molecule has 2 heterocycles. The molecule has 3 aromatic rings. The van der Waals surface area contributed by atoms with Gasteiger partial charge in [-0.3, -0.25) is 0 Å². The molecule has 2 aromatic heterocycles. The van der Waals surface area contributed by atoms with Crippen molar-refractivity contribution in [3.05, 3.63) is 46.2 Å². The minimum absolute atomic E-state index is 0.416. The predicted molar refractivity (Wildman–Crippen MR) is 75.2 cm³/mol. The van der Waals surface area contributed by atoms with Crippen molar-refractivity contribution in [2.24, 2.45) is 0 Å². The van der Waals surface area contributed by atoms with Crippen molar-refractivity contribution >= 4 is 34.0 Å². The highest BCUT2D eigenvalue weighted by molar-refractivity contribution is 7.09. The summed E-state index contributed by atoms with van der Waals surface area (Å²) < 4.78 is 2.15. The van der Waals surface area contributed by atoms with Crippen molar-refractivity contribution in [3.8, 4) is 0 Å². The van der Waals surface area contributed by atoms with Gasteiger partial charge in [0.2, 0.25) is 0 Å². The van der Waals surface area contributed by atoms with E-state index in [1.54, 1.807) is 11.3 Å². The molecule has 18 heavy (non-hydrogen) atoms. The van der Waals surface area contributed by atoms with E-state index in [-0.39, 0.29) is 0 Å². The van der Waals surface area contributed by atoms with Gasteiger partial charge in [-0.1, -0.05) is 12.1 Å². The summed E-state index contributed by atoms with van der Waals surface area (Å²) in [5.74, 6) is 1.32. The quantitative estimate of drug-likeness (QED) is 0.685. The summed E-state index contributed by atoms with van der Waals surface area (Å²) in [4.78, 5) is 8.94. The Hall–Kier alpha value is -1.39. The minimum Gasteiger partial charge on any atom is -0.320 e. The number of nitrogens with zero attached hydrogens (tertiary/aromatic N) is 3. The van der Waals surface area contributed by atoms with E-state index in [2.05, 4.69) is 39.7 Å². The number of thiazole rings is 1. The van der Waals surface area contributed by atoms with E-state index < -0.39 is 0 Å². The lowest BCUT2D eigenvalue weighted by Gasteiger charge is -2.05. The second-order valence-corrected chi connectivity index (χ2v) is 5.36. The number of hydrogen-bond acceptors (Lipinski definition) is 3. The molecule has 0 aliphatic carbocycles. The van der Waals surface area contributed by atoms with Crippen LogP contribution in [0.1, 0.15) is 16.4 Å². The van der Waals surface area contributed by atoms with Crippen LogP contribution in [-0.2, 0) is 12.4 Å². The van der Waals surface area contributed by atoms with Crippen molar-refractivity contribution < 1.29 is 0 Å². The average molecular weight is 278 g/mol. The summed E-state index contributed by atoms with van der Waals surface area (Å²) in [6, 6.07) is 6.20. The van der Waals surface area contributed by atoms with Crippen molar-refractivity contribution in [1.29, 1.82) is 0 Å². The number of benzene rings is 1. The van der Waals surface area contributed by atoms with Gasteiger partial charge < -0.3 is 4.57 Å². The van der Waals surface area contributed by atoms with Gasteiger partial charge in [-0.05, 0) is 18.6 Å². The molecule has 0 amide bonds. The maximum Gasteiger partial charge on any atom is 0.125 e. The van der Waals surface area contributed by atoms with Crippen LogP contribution in [0.3, 0.4) is 0 Å². The van der Waals surface area contributed by atoms with E-state index in [0.29, 0.717) is 5.88 Å². The zero-order valence-electron chi connectivity index (χ0n) is 9.93. The van der Waals surface area contributed by atoms with Gasteiger partial charge in [0.05, 0.1) is 23.5 Å². The summed E-state index contributed by atoms with van der Waals surface area (Å²) in [5, 5.41) is 3.06. The van der Waals surface area contributed by atoms with Crippen molar-refractivity contribution in [1.82, 2.24) is 14.5 Å². The van der Waals surface area contributed by atoms with E-state index >= 15 is 0 Å². The molecule has 3 rings (SSSR count). The zero-order chi connectivity index (χ0) is 12.5. The van der Waals surface area contributed by atoms with Crippen molar-refractivity contribution in [3.63, 3.8) is 0 Å². The lowest BCUT2D eigenvalue weighted by molar-refractivity contribution is 0.773. The molecule has 0 aliphatic heterocycles. The van der Waals surface area contributed by atoms with Gasteiger partial charge in [-0.15, -0.1) is 22.9 Å². The summed E-state index contributed by atoms with van der Waals surface area (Å²) in [5.41, 5.74) is 3.34. The molecule has 3 nitrogen and oxygen atoms in total. The Morgan fingerprint density at radius 3 is 3.00 bits per heavy atom. The van der Waals surface area contributed by atoms with Gasteiger partial charge in [0.15, 0.2) is 0 Å². The molecule has 0 saturated heterocycles. The molecule has 0 aliphatic rings. The van der Waals surface area contributed by atoms with Gasteiger partial charge in [-0.25, -0.2) is 9.97 Å². The summed E-state index contributed by atoms with van der Waals surface area (Å²) in [7, 11) is 0. The molecular weight excluding hydrogens is 266 g/mol. The molecule has 1 aromatic carbocycles. The monoisotopic (exact) mass is 277 g/mol. The van der Waals surface area contributed by atoms with Gasteiger partial charge in [-0.2, -0.15) is 0 Å². The average Bonchev–Trinajstić information content (AvgIpc) is 2.99. The maximum atomic E-state index is 6.00. The molecule has 0 saturated carbocycles. The summed E-state index contributed by atoms with van der Waals surface area (Å²) in [6.07, 6.45) is 1.82. The molecule has 0 unspecified atom stereocenters. The molecule has 0 fully saturated rings. The Balaban J connectivity index is 2.17. The van der Waals surface area contributed by atoms with Crippen molar-refractivity contribution in [2.75, 3.05) is 0 Å². The van der Waals surface area contributed by atoms with Crippen molar-refractivity contribution in [2.45, 2.75) is 19.3 Å². The minimum atomic E-state index is 0.416. The van der Waals surface area contributed by atoms with Crippen LogP contribution in [-0.4, -0.2) is 14.5 Å². The van der Waals surface area contributed by atoms with E-state index in [9.17, 15) is 0 Å². The number of hydrogen-bond donors (Lipinski definition) is 0. The Bertz CT molecular complexity index is 673. The lowest BCUT2D eigenvalue weighted by Crippen LogP contribution is -2.03. The first-order valence-corrected chi connectivity index (χ1v) is 7.10. The third-order valence-corrected chi connectivity index (χ3v) is 3.96. The van der Waals surface area contributed by atoms with Crippen LogP contribution in [0, 0.1) is 6.92 Å². The number of aromatic nitrogens is 3. The molecule has 92 valence electrons. The summed E-state index contributed by atoms with van der Waals surface area (Å²) in [6.45, 7) is 2.81. The van der Waals surface area contributed by atoms with E-state index in [1.165, 1.54) is 5.56 Å². The van der Waals surface area contributed by atoms with Crippen LogP contribution in [0.25, 0.3) is 11.0 Å². The zero-order valence-corrected chi connectivity index (χ0v) is 11.5. The van der Waals surface area contributed by atoms with Gasteiger partial charge in [0.25, 0.3) is 0 Å². The second-order valence-electron chi connectivity index (χ2n) is 4.12. The predicted octanol–water partition coefficient (Wildman–Crippen LogP) is 3.59. The lowest BCUT2D eigenvalue weighted by atomic mass is 10.2. The van der Waals surface area contributed by atoms with Crippen LogP contribution >= 0.6 is 22.9 Å². The van der Waals surface area contributed by atoms with E-state index in [0.717, 1.165) is 28.4 Å². The van der Waals surface area contributed by atoms with Gasteiger partial charge in [0.1, 0.15) is 10.8 Å². The third kappa shape index (κ3) is 1.91. The first kappa shape index (κ1) is 11.7. The molecule has 0 spiro atoms. The number of aryl methyl sites for hydroxylation is 1. The smallest absolute Gasteiger partial charge is 0.125 e. The maximum absolute atomic E-state index is 6.00. The number of fused-ring (bicyclic) bond motifs is 1. The number of alkyl halides is 1. The van der Waals surface area contributed by atoms with Crippen LogP contribution in [0.5, 0.6) is 0 Å². The van der Waals surface area contributed by atoms with Gasteiger partial charge >= 0.3 is 0 Å². The van der Waals surface area contributed by atoms with Gasteiger partial charge in [0, 0.05) is 11.6 Å². The Labute approximate surface area is 114 Å². The number of rotatable bonds is 3. The highest BCUT2D eigenvalue weighted by atomic mass is 35.5. The highest BCUT2D eigenvalue weighted by Gasteiger charge is 2.12. The Kier molecular flexibility index (Phi) is 3.06. The molecule has 0 atom stereocenters. The largest absolute Gasteiger partial charge is 0.320 e. The fraction of sp³-hybridized carbons (Fsp3) is 0.231. The second kappa shape index (κ2) is 4.71. The first-order valence-electron chi connectivity index (χ1n) is 5.68. The topological polar surface area (TPSA) is 30.7 Å². The Morgan fingerprint density at radius 2 is 2.28 bits per heavy atom. The molecule has 0 bridgehead atoms. The first-order chi connectivity index (χ1) is 8.79. The van der Waals surface area contributed by atoms with Crippen LogP contribution < -0.4 is 0 Å². The summed E-state index contributed by atoms with van der Waals surface area (Å²) >= 11 is 7.65. The van der Waals surface area contributed by atoms with Crippen LogP contribution in [0.2, 0.25) is 0 Å². The number of imidazole rings is 1. The molecule has 0 radical (unpaired) electrons. The fourth-order valence-corrected chi connectivity index (χ4v) is 2.89. The molecule has 5 heteroatoms. The van der Waals surface area contributed by atoms with E-state index in [1.807, 2.05) is 11.6 Å². The Morgan fingerprint density at radius 1 is 1.39 bits per heavy atom. The molecule has 0 N–H and O–H groups in total. The van der Waals surface area contributed by atoms with Crippen LogP contribution in [0.4, 0.5) is 0 Å². The fourth-order valence-electron chi connectivity index (χ4n) is 2.08. The normalized spacial score (nSPS) is 11.2. The standard InChI is InChI=1S/C13H12ClN3S/c1-9-3-2-4-10-13(9)16-11(7-14)17(10)8-12-15-5-6-18-12/h2-6H,7-8H2,1H3. The molecular formula is C13H12ClN3S.